The number of nitriles is 1. The smallest absolute Gasteiger partial charge is 0.313 e. The predicted octanol–water partition coefficient (Wildman–Crippen LogP) is 2.35. The molecule has 1 unspecified atom stereocenters. The number of carbonyl (C=O) groups is 2. The van der Waals surface area contributed by atoms with Crippen LogP contribution < -0.4 is 5.32 Å². The Balaban J connectivity index is 2.02. The molecule has 0 bridgehead atoms. The molecule has 0 fully saturated rings. The first-order chi connectivity index (χ1) is 11.4. The lowest BCUT2D eigenvalue weighted by Crippen LogP contribution is -2.42. The Hall–Kier alpha value is -3.14. The lowest BCUT2D eigenvalue weighted by atomic mass is 10.1. The van der Waals surface area contributed by atoms with Crippen molar-refractivity contribution in [3.63, 3.8) is 0 Å². The van der Waals surface area contributed by atoms with Crippen molar-refractivity contribution >= 4 is 17.5 Å². The number of benzene rings is 1. The van der Waals surface area contributed by atoms with Crippen molar-refractivity contribution in [2.75, 3.05) is 12.4 Å². The van der Waals surface area contributed by atoms with Crippen LogP contribution in [0.2, 0.25) is 0 Å². The fourth-order valence-corrected chi connectivity index (χ4v) is 2.03. The Morgan fingerprint density at radius 2 is 2.04 bits per heavy atom. The molecule has 0 aliphatic rings. The van der Waals surface area contributed by atoms with E-state index in [1.54, 1.807) is 44.3 Å². The van der Waals surface area contributed by atoms with Gasteiger partial charge in [-0.2, -0.15) is 5.26 Å². The van der Waals surface area contributed by atoms with Gasteiger partial charge in [-0.05, 0) is 31.2 Å². The van der Waals surface area contributed by atoms with Crippen molar-refractivity contribution in [3.05, 3.63) is 36.4 Å². The summed E-state index contributed by atoms with van der Waals surface area (Å²) in [4.78, 5) is 29.3. The minimum atomic E-state index is -0.745. The standard InChI is InChI=1S/C17H18N4O3/c1-11(8-9-18)21(3)17(23)16(22)20-14-6-4-13(5-7-14)15-10-19-12(2)24-15/h4-7,10-11H,8H2,1-3H3,(H,20,22). The van der Waals surface area contributed by atoms with Gasteiger partial charge in [-0.15, -0.1) is 0 Å². The number of nitrogens with zero attached hydrogens (tertiary/aromatic N) is 3. The first-order valence-corrected chi connectivity index (χ1v) is 7.40. The highest BCUT2D eigenvalue weighted by molar-refractivity contribution is 6.39. The molecule has 1 atom stereocenters. The molecule has 2 amide bonds. The number of anilines is 1. The van der Waals surface area contributed by atoms with Gasteiger partial charge in [-0.25, -0.2) is 4.98 Å². The van der Waals surface area contributed by atoms with Crippen molar-refractivity contribution in [3.8, 4) is 17.4 Å². The monoisotopic (exact) mass is 326 g/mol. The molecule has 0 aliphatic heterocycles. The normalized spacial score (nSPS) is 11.4. The van der Waals surface area contributed by atoms with E-state index in [1.807, 2.05) is 6.07 Å². The van der Waals surface area contributed by atoms with Gasteiger partial charge in [0.25, 0.3) is 0 Å². The fraction of sp³-hybridized carbons (Fsp3) is 0.294. The average molecular weight is 326 g/mol. The Morgan fingerprint density at radius 1 is 1.38 bits per heavy atom. The summed E-state index contributed by atoms with van der Waals surface area (Å²) in [6.07, 6.45) is 1.79. The van der Waals surface area contributed by atoms with Crippen LogP contribution in [0.3, 0.4) is 0 Å². The summed E-state index contributed by atoms with van der Waals surface area (Å²) in [5, 5.41) is 11.2. The quantitative estimate of drug-likeness (QED) is 0.869. The highest BCUT2D eigenvalue weighted by Crippen LogP contribution is 2.22. The molecule has 7 nitrogen and oxygen atoms in total. The second-order valence-corrected chi connectivity index (χ2v) is 5.40. The summed E-state index contributed by atoms with van der Waals surface area (Å²) in [5.74, 6) is -0.229. The van der Waals surface area contributed by atoms with Gasteiger partial charge in [0.15, 0.2) is 11.7 Å². The van der Waals surface area contributed by atoms with Gasteiger partial charge in [0, 0.05) is 31.3 Å². The van der Waals surface area contributed by atoms with E-state index in [0.717, 1.165) is 5.56 Å². The van der Waals surface area contributed by atoms with Crippen LogP contribution in [-0.4, -0.2) is 34.8 Å². The van der Waals surface area contributed by atoms with Gasteiger partial charge in [0.1, 0.15) is 0 Å². The van der Waals surface area contributed by atoms with Crippen molar-refractivity contribution in [1.29, 1.82) is 5.26 Å². The Labute approximate surface area is 139 Å². The number of nitrogens with one attached hydrogen (secondary N) is 1. The molecular formula is C17H18N4O3. The molecule has 0 radical (unpaired) electrons. The Kier molecular flexibility index (Phi) is 5.32. The molecule has 124 valence electrons. The van der Waals surface area contributed by atoms with E-state index in [9.17, 15) is 9.59 Å². The molecule has 1 N–H and O–H groups in total. The third-order valence-corrected chi connectivity index (χ3v) is 3.61. The van der Waals surface area contributed by atoms with E-state index in [1.165, 1.54) is 11.9 Å². The van der Waals surface area contributed by atoms with Crippen LogP contribution in [0.15, 0.2) is 34.9 Å². The molecule has 7 heteroatoms. The van der Waals surface area contributed by atoms with E-state index in [0.29, 0.717) is 17.3 Å². The molecule has 2 rings (SSSR count). The topological polar surface area (TPSA) is 99.2 Å². The summed E-state index contributed by atoms with van der Waals surface area (Å²) >= 11 is 0. The molecule has 1 aromatic carbocycles. The number of amides is 2. The van der Waals surface area contributed by atoms with Crippen LogP contribution in [0.1, 0.15) is 19.2 Å². The zero-order chi connectivity index (χ0) is 17.7. The maximum atomic E-state index is 12.0. The number of rotatable bonds is 4. The number of hydrogen-bond donors (Lipinski definition) is 1. The lowest BCUT2D eigenvalue weighted by molar-refractivity contribution is -0.143. The van der Waals surface area contributed by atoms with Gasteiger partial charge in [0.05, 0.1) is 18.7 Å². The number of oxazole rings is 1. The third-order valence-electron chi connectivity index (χ3n) is 3.61. The SMILES string of the molecule is Cc1ncc(-c2ccc(NC(=O)C(=O)N(C)C(C)CC#N)cc2)o1. The maximum absolute atomic E-state index is 12.0. The molecule has 0 aliphatic carbocycles. The minimum Gasteiger partial charge on any atom is -0.441 e. The molecule has 24 heavy (non-hydrogen) atoms. The predicted molar refractivity (Wildman–Crippen MR) is 87.8 cm³/mol. The molecule has 0 spiro atoms. The fourth-order valence-electron chi connectivity index (χ4n) is 2.03. The number of aromatic nitrogens is 1. The summed E-state index contributed by atoms with van der Waals surface area (Å²) in [5.41, 5.74) is 1.31. The zero-order valence-corrected chi connectivity index (χ0v) is 13.7. The summed E-state index contributed by atoms with van der Waals surface area (Å²) in [6.45, 7) is 3.47. The van der Waals surface area contributed by atoms with Crippen molar-refractivity contribution in [1.82, 2.24) is 9.88 Å². The third kappa shape index (κ3) is 3.98. The van der Waals surface area contributed by atoms with Crippen LogP contribution in [0.4, 0.5) is 5.69 Å². The first kappa shape index (κ1) is 17.2. The van der Waals surface area contributed by atoms with E-state index in [4.69, 9.17) is 9.68 Å². The van der Waals surface area contributed by atoms with Gasteiger partial charge in [0.2, 0.25) is 0 Å². The van der Waals surface area contributed by atoms with Crippen LogP contribution in [0.5, 0.6) is 0 Å². The van der Waals surface area contributed by atoms with E-state index in [-0.39, 0.29) is 12.5 Å². The lowest BCUT2D eigenvalue weighted by Gasteiger charge is -2.22. The molecule has 0 saturated heterocycles. The van der Waals surface area contributed by atoms with E-state index < -0.39 is 11.8 Å². The van der Waals surface area contributed by atoms with Crippen molar-refractivity contribution < 1.29 is 14.0 Å². The molecule has 2 aromatic rings. The molecular weight excluding hydrogens is 308 g/mol. The number of aryl methyl sites for hydroxylation is 1. The molecule has 1 heterocycles. The van der Waals surface area contributed by atoms with Crippen molar-refractivity contribution in [2.24, 2.45) is 0 Å². The van der Waals surface area contributed by atoms with E-state index in [2.05, 4.69) is 10.3 Å². The average Bonchev–Trinajstić information content (AvgIpc) is 3.00. The van der Waals surface area contributed by atoms with Crippen molar-refractivity contribution in [2.45, 2.75) is 26.3 Å². The zero-order valence-electron chi connectivity index (χ0n) is 13.7. The largest absolute Gasteiger partial charge is 0.441 e. The van der Waals surface area contributed by atoms with Crippen LogP contribution >= 0.6 is 0 Å². The van der Waals surface area contributed by atoms with Gasteiger partial charge in [-0.3, -0.25) is 9.59 Å². The Bertz CT molecular complexity index is 774. The second kappa shape index (κ2) is 7.42. The summed E-state index contributed by atoms with van der Waals surface area (Å²) in [6, 6.07) is 8.53. The number of carbonyl (C=O) groups excluding carboxylic acids is 2. The highest BCUT2D eigenvalue weighted by atomic mass is 16.4. The first-order valence-electron chi connectivity index (χ1n) is 7.40. The second-order valence-electron chi connectivity index (χ2n) is 5.40. The van der Waals surface area contributed by atoms with Gasteiger partial charge in [-0.1, -0.05) is 0 Å². The molecule has 1 aromatic heterocycles. The Morgan fingerprint density at radius 3 is 2.58 bits per heavy atom. The van der Waals surface area contributed by atoms with Crippen LogP contribution in [0.25, 0.3) is 11.3 Å². The summed E-state index contributed by atoms with van der Waals surface area (Å²) in [7, 11) is 1.50. The van der Waals surface area contributed by atoms with E-state index >= 15 is 0 Å². The maximum Gasteiger partial charge on any atom is 0.313 e. The van der Waals surface area contributed by atoms with Gasteiger partial charge >= 0.3 is 11.8 Å². The van der Waals surface area contributed by atoms with Crippen LogP contribution in [-0.2, 0) is 9.59 Å². The highest BCUT2D eigenvalue weighted by Gasteiger charge is 2.22. The minimum absolute atomic E-state index is 0.167. The van der Waals surface area contributed by atoms with Crippen LogP contribution in [0, 0.1) is 18.3 Å². The molecule has 0 saturated carbocycles. The van der Waals surface area contributed by atoms with Gasteiger partial charge < -0.3 is 14.6 Å². The number of likely N-dealkylation sites (N-methyl/N-ethyl adjacent to an activating group) is 1. The summed E-state index contributed by atoms with van der Waals surface area (Å²) < 4.78 is 5.42. The number of hydrogen-bond acceptors (Lipinski definition) is 5.